The van der Waals surface area contributed by atoms with Crippen molar-refractivity contribution >= 4 is 5.91 Å². The number of rotatable bonds is 3. The van der Waals surface area contributed by atoms with Crippen molar-refractivity contribution in [3.8, 4) is 16.9 Å². The quantitative estimate of drug-likeness (QED) is 0.234. The smallest absolute Gasteiger partial charge is 0.325 e. The number of fused-ring (bicyclic) bond motifs is 4. The minimum Gasteiger partial charge on any atom is -0.325 e. The number of para-hydroxylation sites is 1. The molecule has 0 radical (unpaired) electrons. The van der Waals surface area contributed by atoms with Crippen LogP contribution in [0.2, 0.25) is 0 Å². The average molecular weight is 545 g/mol. The number of piperidine rings is 1. The highest BCUT2D eigenvalue weighted by atomic mass is 19.4. The molecule has 6 rings (SSSR count). The highest BCUT2D eigenvalue weighted by Crippen LogP contribution is 2.45. The second kappa shape index (κ2) is 8.99. The zero-order valence-corrected chi connectivity index (χ0v) is 20.5. The molecular formula is C27H21F6N5O. The van der Waals surface area contributed by atoms with Crippen LogP contribution in [0.5, 0.6) is 0 Å². The van der Waals surface area contributed by atoms with Gasteiger partial charge in [0.05, 0.1) is 23.1 Å². The molecule has 202 valence electrons. The van der Waals surface area contributed by atoms with Gasteiger partial charge < -0.3 is 4.90 Å². The van der Waals surface area contributed by atoms with Crippen molar-refractivity contribution in [3.63, 3.8) is 0 Å². The van der Waals surface area contributed by atoms with E-state index >= 15 is 0 Å². The highest BCUT2D eigenvalue weighted by molar-refractivity contribution is 5.93. The summed E-state index contributed by atoms with van der Waals surface area (Å²) >= 11 is 0. The number of carbonyl (C=O) groups excluding carboxylic acids is 1. The van der Waals surface area contributed by atoms with Crippen molar-refractivity contribution < 1.29 is 31.1 Å². The summed E-state index contributed by atoms with van der Waals surface area (Å²) in [6, 6.07) is 9.35. The third-order valence-electron chi connectivity index (χ3n) is 7.39. The summed E-state index contributed by atoms with van der Waals surface area (Å²) in [5.74, 6) is -4.89. The molecule has 1 fully saturated rings. The van der Waals surface area contributed by atoms with Gasteiger partial charge in [-0.05, 0) is 49.9 Å². The molecule has 12 heteroatoms. The SMILES string of the molecule is Cn1nc2c(c1-c1cc(F)c(F)c(F)c1)CC1CCCC2N1C(=O)c1cc(C(F)(F)F)n(-c2ccccc2)n1. The molecular weight excluding hydrogens is 524 g/mol. The maximum Gasteiger partial charge on any atom is 0.433 e. The number of hydrogen-bond acceptors (Lipinski definition) is 3. The Hall–Kier alpha value is -4.09. The predicted molar refractivity (Wildman–Crippen MR) is 127 cm³/mol. The lowest BCUT2D eigenvalue weighted by molar-refractivity contribution is -0.142. The van der Waals surface area contributed by atoms with E-state index in [1.54, 1.807) is 25.2 Å². The third-order valence-corrected chi connectivity index (χ3v) is 7.39. The summed E-state index contributed by atoms with van der Waals surface area (Å²) in [7, 11) is 1.58. The first kappa shape index (κ1) is 25.2. The summed E-state index contributed by atoms with van der Waals surface area (Å²) in [6.07, 6.45) is -2.64. The normalized spacial score (nSPS) is 18.8. The third kappa shape index (κ3) is 4.09. The van der Waals surface area contributed by atoms with Crippen molar-refractivity contribution in [3.05, 3.63) is 88.6 Å². The van der Waals surface area contributed by atoms with Gasteiger partial charge in [-0.3, -0.25) is 9.48 Å². The van der Waals surface area contributed by atoms with E-state index in [1.165, 1.54) is 21.7 Å². The van der Waals surface area contributed by atoms with E-state index in [4.69, 9.17) is 0 Å². The van der Waals surface area contributed by atoms with E-state index < -0.39 is 47.3 Å². The van der Waals surface area contributed by atoms with E-state index in [1.807, 2.05) is 0 Å². The van der Waals surface area contributed by atoms with Crippen LogP contribution in [0.15, 0.2) is 48.5 Å². The molecule has 2 atom stereocenters. The highest BCUT2D eigenvalue weighted by Gasteiger charge is 2.45. The van der Waals surface area contributed by atoms with E-state index in [0.29, 0.717) is 29.8 Å². The number of halogens is 6. The Morgan fingerprint density at radius 1 is 0.974 bits per heavy atom. The number of nitrogens with zero attached hydrogens (tertiary/aromatic N) is 5. The maximum atomic E-state index is 14.0. The lowest BCUT2D eigenvalue weighted by atomic mass is 9.81. The second-order valence-electron chi connectivity index (χ2n) is 9.77. The molecule has 2 unspecified atom stereocenters. The summed E-state index contributed by atoms with van der Waals surface area (Å²) in [5, 5.41) is 8.61. The van der Waals surface area contributed by atoms with E-state index in [0.717, 1.165) is 29.3 Å². The van der Waals surface area contributed by atoms with Gasteiger partial charge in [0.25, 0.3) is 5.91 Å². The fourth-order valence-electron chi connectivity index (χ4n) is 5.79. The van der Waals surface area contributed by atoms with Crippen LogP contribution in [0.3, 0.4) is 0 Å². The van der Waals surface area contributed by atoms with E-state index in [2.05, 4.69) is 10.2 Å². The van der Waals surface area contributed by atoms with Gasteiger partial charge in [0.1, 0.15) is 5.69 Å². The number of benzene rings is 2. The first-order valence-electron chi connectivity index (χ1n) is 12.3. The van der Waals surface area contributed by atoms with Crippen LogP contribution in [0, 0.1) is 17.5 Å². The minimum absolute atomic E-state index is 0.108. The Morgan fingerprint density at radius 2 is 1.67 bits per heavy atom. The zero-order valence-electron chi connectivity index (χ0n) is 20.5. The van der Waals surface area contributed by atoms with E-state index in [9.17, 15) is 31.1 Å². The van der Waals surface area contributed by atoms with Crippen LogP contribution in [0.1, 0.15) is 52.7 Å². The molecule has 0 aliphatic carbocycles. The van der Waals surface area contributed by atoms with Crippen molar-refractivity contribution in [1.82, 2.24) is 24.5 Å². The molecule has 0 saturated carbocycles. The summed E-state index contributed by atoms with van der Waals surface area (Å²) in [4.78, 5) is 15.3. The van der Waals surface area contributed by atoms with Crippen LogP contribution in [-0.2, 0) is 19.6 Å². The molecule has 4 aromatic rings. The topological polar surface area (TPSA) is 56.0 Å². The number of hydrogen-bond donors (Lipinski definition) is 0. The predicted octanol–water partition coefficient (Wildman–Crippen LogP) is 6.00. The van der Waals surface area contributed by atoms with Crippen LogP contribution in [0.25, 0.3) is 16.9 Å². The van der Waals surface area contributed by atoms with Crippen molar-refractivity contribution in [2.45, 2.75) is 43.9 Å². The molecule has 2 aromatic heterocycles. The number of aromatic nitrogens is 4. The molecule has 2 aliphatic rings. The molecule has 2 bridgehead atoms. The first-order valence-corrected chi connectivity index (χ1v) is 12.3. The molecule has 39 heavy (non-hydrogen) atoms. The van der Waals surface area contributed by atoms with Crippen LogP contribution in [-0.4, -0.2) is 36.4 Å². The van der Waals surface area contributed by atoms with Crippen molar-refractivity contribution in [2.75, 3.05) is 0 Å². The fourth-order valence-corrected chi connectivity index (χ4v) is 5.79. The van der Waals surface area contributed by atoms with Gasteiger partial charge in [0, 0.05) is 30.3 Å². The number of alkyl halides is 3. The fraction of sp³-hybridized carbons (Fsp3) is 0.296. The van der Waals surface area contributed by atoms with Crippen molar-refractivity contribution in [1.29, 1.82) is 0 Å². The Morgan fingerprint density at radius 3 is 2.33 bits per heavy atom. The van der Waals surface area contributed by atoms with Gasteiger partial charge in [0.2, 0.25) is 0 Å². The molecule has 1 amide bonds. The van der Waals surface area contributed by atoms with Gasteiger partial charge in [0.15, 0.2) is 23.1 Å². The van der Waals surface area contributed by atoms with Gasteiger partial charge in [-0.15, -0.1) is 0 Å². The van der Waals surface area contributed by atoms with Gasteiger partial charge in [-0.1, -0.05) is 18.2 Å². The summed E-state index contributed by atoms with van der Waals surface area (Å²) in [6.45, 7) is 0. The van der Waals surface area contributed by atoms with Crippen LogP contribution < -0.4 is 0 Å². The molecule has 1 saturated heterocycles. The molecule has 2 aromatic carbocycles. The standard InChI is InChI=1S/C27H21F6N5O/c1-36-25(14-10-18(28)23(30)19(29)11-14)17-12-16-8-5-9-21(24(17)35-36)37(16)26(39)20-13-22(27(31,32)33)38(34-20)15-6-3-2-4-7-15/h2-4,6-7,10-11,13,16,21H,5,8-9,12H2,1H3. The zero-order chi connectivity index (χ0) is 27.6. The minimum atomic E-state index is -4.75. The van der Waals surface area contributed by atoms with Crippen LogP contribution in [0.4, 0.5) is 26.3 Å². The summed E-state index contributed by atoms with van der Waals surface area (Å²) in [5.41, 5.74) is 0.438. The monoisotopic (exact) mass is 545 g/mol. The lowest BCUT2D eigenvalue weighted by Gasteiger charge is -2.45. The molecule has 6 nitrogen and oxygen atoms in total. The molecule has 2 aliphatic heterocycles. The Kier molecular flexibility index (Phi) is 5.81. The second-order valence-corrected chi connectivity index (χ2v) is 9.77. The lowest BCUT2D eigenvalue weighted by Crippen LogP contribution is -2.50. The van der Waals surface area contributed by atoms with Crippen LogP contribution >= 0.6 is 0 Å². The first-order chi connectivity index (χ1) is 18.5. The Labute approximate surface area is 218 Å². The molecule has 0 N–H and O–H groups in total. The number of amides is 1. The number of carbonyl (C=O) groups is 1. The van der Waals surface area contributed by atoms with E-state index in [-0.39, 0.29) is 23.4 Å². The maximum absolute atomic E-state index is 14.0. The average Bonchev–Trinajstić information content (AvgIpc) is 3.49. The Bertz CT molecular complexity index is 1570. The van der Waals surface area contributed by atoms with Gasteiger partial charge in [-0.25, -0.2) is 17.9 Å². The van der Waals surface area contributed by atoms with Gasteiger partial charge in [-0.2, -0.15) is 23.4 Å². The molecule has 0 spiro atoms. The largest absolute Gasteiger partial charge is 0.433 e. The Balaban J connectivity index is 1.41. The molecule has 4 heterocycles. The number of aryl methyl sites for hydroxylation is 1. The van der Waals surface area contributed by atoms with Crippen molar-refractivity contribution in [2.24, 2.45) is 7.05 Å². The van der Waals surface area contributed by atoms with Gasteiger partial charge >= 0.3 is 6.18 Å². The summed E-state index contributed by atoms with van der Waals surface area (Å²) < 4.78 is 85.5.